The summed E-state index contributed by atoms with van der Waals surface area (Å²) in [6, 6.07) is 21.8. The van der Waals surface area contributed by atoms with Gasteiger partial charge in [-0.2, -0.15) is 4.98 Å². The highest BCUT2D eigenvalue weighted by molar-refractivity contribution is 5.98. The fourth-order valence-corrected chi connectivity index (χ4v) is 4.34. The number of nitrogens with one attached hydrogen (secondary N) is 1. The van der Waals surface area contributed by atoms with Crippen LogP contribution >= 0.6 is 0 Å². The van der Waals surface area contributed by atoms with Gasteiger partial charge in [0.2, 0.25) is 5.95 Å². The highest BCUT2D eigenvalue weighted by Crippen LogP contribution is 2.27. The molecule has 0 saturated heterocycles. The Morgan fingerprint density at radius 3 is 2.11 bits per heavy atom. The van der Waals surface area contributed by atoms with Crippen LogP contribution < -0.4 is 10.2 Å². The Bertz CT molecular complexity index is 1440. The Kier molecular flexibility index (Phi) is 8.31. The van der Waals surface area contributed by atoms with Crippen molar-refractivity contribution in [2.45, 2.75) is 47.0 Å². The van der Waals surface area contributed by atoms with Crippen LogP contribution in [-0.2, 0) is 17.6 Å². The van der Waals surface area contributed by atoms with Gasteiger partial charge in [-0.3, -0.25) is 9.59 Å². The molecule has 0 atom stereocenters. The van der Waals surface area contributed by atoms with Crippen LogP contribution in [0.1, 0.15) is 51.5 Å². The second-order valence-electron chi connectivity index (χ2n) is 9.73. The van der Waals surface area contributed by atoms with Crippen molar-refractivity contribution in [1.82, 2.24) is 9.97 Å². The smallest absolute Gasteiger partial charge is 0.229 e. The Labute approximate surface area is 224 Å². The van der Waals surface area contributed by atoms with E-state index < -0.39 is 0 Å². The predicted molar refractivity (Wildman–Crippen MR) is 154 cm³/mol. The minimum atomic E-state index is 0.108. The molecule has 6 nitrogen and oxygen atoms in total. The molecule has 1 aromatic heterocycles. The summed E-state index contributed by atoms with van der Waals surface area (Å²) >= 11 is 0. The number of ketones is 2. The lowest BCUT2D eigenvalue weighted by Gasteiger charge is -2.21. The zero-order valence-electron chi connectivity index (χ0n) is 22.7. The van der Waals surface area contributed by atoms with Crippen LogP contribution in [0.3, 0.4) is 0 Å². The standard InChI is InChI=1S/C32H34N4O2/c1-6-30(38)29-19-26(14-9-22(29)3)34-32-33-20-23(4)31(35-32)36(5)27-15-12-25(13-16-27)18-28(37)17-24-10-7-21(2)8-11-24/h7-16,19-20H,6,17-18H2,1-5H3,(H,33,34,35). The Balaban J connectivity index is 1.46. The van der Waals surface area contributed by atoms with Gasteiger partial charge < -0.3 is 10.2 Å². The normalized spacial score (nSPS) is 10.8. The van der Waals surface area contributed by atoms with Crippen LogP contribution in [0, 0.1) is 20.8 Å². The van der Waals surface area contributed by atoms with E-state index in [2.05, 4.69) is 10.3 Å². The van der Waals surface area contributed by atoms with Crippen LogP contribution in [0.25, 0.3) is 0 Å². The third kappa shape index (κ3) is 6.51. The quantitative estimate of drug-likeness (QED) is 0.237. The summed E-state index contributed by atoms with van der Waals surface area (Å²) < 4.78 is 0. The molecule has 0 radical (unpaired) electrons. The first kappa shape index (κ1) is 26.7. The second-order valence-corrected chi connectivity index (χ2v) is 9.73. The van der Waals surface area contributed by atoms with Gasteiger partial charge >= 0.3 is 0 Å². The van der Waals surface area contributed by atoms with Crippen molar-refractivity contribution < 1.29 is 9.59 Å². The molecule has 38 heavy (non-hydrogen) atoms. The van der Waals surface area contributed by atoms with Gasteiger partial charge in [-0.1, -0.05) is 55.0 Å². The average Bonchev–Trinajstić information content (AvgIpc) is 2.91. The lowest BCUT2D eigenvalue weighted by atomic mass is 10.0. The first-order valence-corrected chi connectivity index (χ1v) is 12.9. The molecule has 6 heteroatoms. The summed E-state index contributed by atoms with van der Waals surface area (Å²) in [7, 11) is 1.96. The number of hydrogen-bond acceptors (Lipinski definition) is 6. The van der Waals surface area contributed by atoms with Crippen LogP contribution in [0.5, 0.6) is 0 Å². The van der Waals surface area contributed by atoms with E-state index in [4.69, 9.17) is 4.98 Å². The van der Waals surface area contributed by atoms with Crippen LogP contribution in [0.15, 0.2) is 72.9 Å². The zero-order valence-corrected chi connectivity index (χ0v) is 22.7. The monoisotopic (exact) mass is 506 g/mol. The first-order chi connectivity index (χ1) is 18.2. The second kappa shape index (κ2) is 11.8. The van der Waals surface area contributed by atoms with Gasteiger partial charge in [-0.15, -0.1) is 0 Å². The Hall–Kier alpha value is -4.32. The third-order valence-electron chi connectivity index (χ3n) is 6.62. The average molecular weight is 507 g/mol. The highest BCUT2D eigenvalue weighted by atomic mass is 16.1. The minimum absolute atomic E-state index is 0.108. The molecular weight excluding hydrogens is 472 g/mol. The number of benzene rings is 3. The van der Waals surface area contributed by atoms with Crippen molar-refractivity contribution in [3.05, 3.63) is 106 Å². The van der Waals surface area contributed by atoms with E-state index in [0.717, 1.165) is 39.4 Å². The van der Waals surface area contributed by atoms with Crippen molar-refractivity contribution in [3.8, 4) is 0 Å². The fourth-order valence-electron chi connectivity index (χ4n) is 4.34. The molecule has 1 heterocycles. The molecule has 0 unspecified atom stereocenters. The minimum Gasteiger partial charge on any atom is -0.329 e. The van der Waals surface area contributed by atoms with Crippen molar-refractivity contribution in [1.29, 1.82) is 0 Å². The van der Waals surface area contributed by atoms with E-state index in [1.165, 1.54) is 5.56 Å². The maximum Gasteiger partial charge on any atom is 0.229 e. The molecule has 4 aromatic rings. The van der Waals surface area contributed by atoms with Crippen molar-refractivity contribution in [2.24, 2.45) is 0 Å². The largest absolute Gasteiger partial charge is 0.329 e. The van der Waals surface area contributed by atoms with Crippen molar-refractivity contribution in [3.63, 3.8) is 0 Å². The Morgan fingerprint density at radius 1 is 0.842 bits per heavy atom. The highest BCUT2D eigenvalue weighted by Gasteiger charge is 2.13. The SMILES string of the molecule is CCC(=O)c1cc(Nc2ncc(C)c(N(C)c3ccc(CC(=O)Cc4ccc(C)cc4)cc3)n2)ccc1C. The molecule has 0 spiro atoms. The van der Waals surface area contributed by atoms with Gasteiger partial charge in [0.05, 0.1) is 0 Å². The lowest BCUT2D eigenvalue weighted by molar-refractivity contribution is -0.117. The number of aryl methyl sites for hydroxylation is 3. The molecule has 0 fully saturated rings. The topological polar surface area (TPSA) is 75.2 Å². The molecule has 0 saturated carbocycles. The number of aromatic nitrogens is 2. The summed E-state index contributed by atoms with van der Waals surface area (Å²) in [4.78, 5) is 36.0. The van der Waals surface area contributed by atoms with Gasteiger partial charge in [-0.05, 0) is 61.7 Å². The molecule has 0 aliphatic heterocycles. The van der Waals surface area contributed by atoms with Gasteiger partial charge in [0.1, 0.15) is 11.6 Å². The lowest BCUT2D eigenvalue weighted by Crippen LogP contribution is -2.14. The van der Waals surface area contributed by atoms with Gasteiger partial charge in [0, 0.05) is 55.0 Å². The predicted octanol–water partition coefficient (Wildman–Crippen LogP) is 6.86. The number of Topliss-reactive ketones (excluding diaryl/α,β-unsaturated/α-hetero) is 2. The van der Waals surface area contributed by atoms with Crippen LogP contribution in [0.4, 0.5) is 23.1 Å². The summed E-state index contributed by atoms with van der Waals surface area (Å²) in [5, 5.41) is 3.24. The molecule has 0 aliphatic rings. The number of anilines is 4. The molecule has 194 valence electrons. The van der Waals surface area contributed by atoms with Gasteiger partial charge in [-0.25, -0.2) is 4.98 Å². The van der Waals surface area contributed by atoms with E-state index in [-0.39, 0.29) is 11.6 Å². The van der Waals surface area contributed by atoms with Gasteiger partial charge in [0.25, 0.3) is 0 Å². The van der Waals surface area contributed by atoms with Crippen LogP contribution in [0.2, 0.25) is 0 Å². The molecule has 0 amide bonds. The fraction of sp³-hybridized carbons (Fsp3) is 0.250. The third-order valence-corrected chi connectivity index (χ3v) is 6.62. The summed E-state index contributed by atoms with van der Waals surface area (Å²) in [6.07, 6.45) is 3.08. The zero-order chi connectivity index (χ0) is 27.2. The summed E-state index contributed by atoms with van der Waals surface area (Å²) in [5.74, 6) is 1.52. The van der Waals surface area contributed by atoms with Crippen LogP contribution in [-0.4, -0.2) is 28.6 Å². The number of carbonyl (C=O) groups excluding carboxylic acids is 2. The van der Waals surface area contributed by atoms with E-state index in [0.29, 0.717) is 30.8 Å². The number of hydrogen-bond donors (Lipinski definition) is 1. The molecule has 0 aliphatic carbocycles. The van der Waals surface area contributed by atoms with Crippen molar-refractivity contribution in [2.75, 3.05) is 17.3 Å². The maximum atomic E-state index is 12.6. The molecule has 0 bridgehead atoms. The van der Waals surface area contributed by atoms with E-state index in [1.54, 1.807) is 6.20 Å². The van der Waals surface area contributed by atoms with E-state index in [9.17, 15) is 9.59 Å². The molecular formula is C32H34N4O2. The molecule has 3 aromatic carbocycles. The molecule has 4 rings (SSSR count). The number of nitrogens with zero attached hydrogens (tertiary/aromatic N) is 3. The number of carbonyl (C=O) groups is 2. The number of rotatable bonds is 10. The molecule has 1 N–H and O–H groups in total. The first-order valence-electron chi connectivity index (χ1n) is 12.9. The van der Waals surface area contributed by atoms with Crippen molar-refractivity contribution >= 4 is 34.7 Å². The van der Waals surface area contributed by atoms with E-state index >= 15 is 0 Å². The summed E-state index contributed by atoms with van der Waals surface area (Å²) in [5.41, 5.74) is 7.53. The van der Waals surface area contributed by atoms with Gasteiger partial charge in [0.15, 0.2) is 5.78 Å². The Morgan fingerprint density at radius 2 is 1.47 bits per heavy atom. The van der Waals surface area contributed by atoms with E-state index in [1.807, 2.05) is 106 Å². The summed E-state index contributed by atoms with van der Waals surface area (Å²) in [6.45, 7) is 7.81. The maximum absolute atomic E-state index is 12.6.